The third-order valence-corrected chi connectivity index (χ3v) is 3.87. The second-order valence-electron chi connectivity index (χ2n) is 4.63. The van der Waals surface area contributed by atoms with Gasteiger partial charge in [0, 0.05) is 12.7 Å². The van der Waals surface area contributed by atoms with Crippen LogP contribution < -0.4 is 10.6 Å². The average molecular weight is 350 g/mol. The largest absolute Gasteiger partial charge is 0.369 e. The molecule has 2 aromatic heterocycles. The fourth-order valence-corrected chi connectivity index (χ4v) is 2.46. The van der Waals surface area contributed by atoms with Crippen molar-refractivity contribution in [3.05, 3.63) is 40.4 Å². The van der Waals surface area contributed by atoms with Crippen molar-refractivity contribution in [2.24, 2.45) is 0 Å². The Labute approximate surface area is 133 Å². The van der Waals surface area contributed by atoms with E-state index in [0.717, 1.165) is 41.2 Å². The number of rotatable bonds is 7. The fraction of sp³-hybridized carbons (Fsp3) is 0.400. The number of nitrogens with zero attached hydrogens (tertiary/aromatic N) is 3. The van der Waals surface area contributed by atoms with Crippen LogP contribution in [0.5, 0.6) is 0 Å². The van der Waals surface area contributed by atoms with Gasteiger partial charge < -0.3 is 10.6 Å². The maximum Gasteiger partial charge on any atom is 0.146 e. The van der Waals surface area contributed by atoms with Crippen molar-refractivity contribution in [2.45, 2.75) is 33.2 Å². The van der Waals surface area contributed by atoms with Gasteiger partial charge in [0.25, 0.3) is 0 Å². The molecule has 2 rings (SSSR count). The molecule has 0 unspecified atom stereocenters. The molecular formula is C15H20BrN5. The summed E-state index contributed by atoms with van der Waals surface area (Å²) in [4.78, 5) is 13.0. The molecule has 0 radical (unpaired) electrons. The summed E-state index contributed by atoms with van der Waals surface area (Å²) < 4.78 is 0.854. The summed E-state index contributed by atoms with van der Waals surface area (Å²) in [6.07, 6.45) is 5.40. The Kier molecular flexibility index (Phi) is 5.92. The van der Waals surface area contributed by atoms with E-state index in [-0.39, 0.29) is 0 Å². The Morgan fingerprint density at radius 1 is 1.10 bits per heavy atom. The van der Waals surface area contributed by atoms with E-state index in [0.29, 0.717) is 6.54 Å². The summed E-state index contributed by atoms with van der Waals surface area (Å²) in [6.45, 7) is 5.78. The summed E-state index contributed by atoms with van der Waals surface area (Å²) in [5, 5.41) is 6.59. The quantitative estimate of drug-likeness (QED) is 0.798. The predicted molar refractivity (Wildman–Crippen MR) is 89.5 cm³/mol. The van der Waals surface area contributed by atoms with Gasteiger partial charge in [-0.1, -0.05) is 19.9 Å². The lowest BCUT2D eigenvalue weighted by atomic mass is 10.1. The Morgan fingerprint density at radius 2 is 1.86 bits per heavy atom. The lowest BCUT2D eigenvalue weighted by Crippen LogP contribution is -2.09. The van der Waals surface area contributed by atoms with E-state index < -0.39 is 0 Å². The van der Waals surface area contributed by atoms with E-state index in [1.165, 1.54) is 5.56 Å². The van der Waals surface area contributed by atoms with Crippen LogP contribution >= 0.6 is 15.9 Å². The number of hydrogen-bond donors (Lipinski definition) is 2. The molecule has 2 heterocycles. The van der Waals surface area contributed by atoms with E-state index in [4.69, 9.17) is 0 Å². The Balaban J connectivity index is 2.09. The van der Waals surface area contributed by atoms with Crippen LogP contribution in [0.1, 0.15) is 31.5 Å². The van der Waals surface area contributed by atoms with Crippen molar-refractivity contribution in [1.82, 2.24) is 15.0 Å². The molecule has 21 heavy (non-hydrogen) atoms. The van der Waals surface area contributed by atoms with Gasteiger partial charge in [-0.15, -0.1) is 0 Å². The van der Waals surface area contributed by atoms with Crippen molar-refractivity contribution < 1.29 is 0 Å². The highest BCUT2D eigenvalue weighted by Crippen LogP contribution is 2.26. The van der Waals surface area contributed by atoms with E-state index in [1.807, 2.05) is 12.3 Å². The number of halogens is 1. The Bertz CT molecular complexity index is 588. The molecule has 2 N–H and O–H groups in total. The third kappa shape index (κ3) is 4.14. The average Bonchev–Trinajstić information content (AvgIpc) is 2.53. The molecule has 0 saturated heterocycles. The first-order chi connectivity index (χ1) is 10.3. The summed E-state index contributed by atoms with van der Waals surface area (Å²) in [7, 11) is 0. The van der Waals surface area contributed by atoms with Gasteiger partial charge in [-0.25, -0.2) is 9.97 Å². The van der Waals surface area contributed by atoms with Gasteiger partial charge in [0.15, 0.2) is 0 Å². The minimum atomic E-state index is 0.646. The second-order valence-corrected chi connectivity index (χ2v) is 5.42. The van der Waals surface area contributed by atoms with Crippen LogP contribution in [0, 0.1) is 0 Å². The van der Waals surface area contributed by atoms with Gasteiger partial charge in [0.05, 0.1) is 12.2 Å². The molecule has 0 aliphatic heterocycles. The van der Waals surface area contributed by atoms with Crippen LogP contribution in [0.2, 0.25) is 0 Å². The van der Waals surface area contributed by atoms with Crippen LogP contribution in [0.4, 0.5) is 11.6 Å². The zero-order valence-electron chi connectivity index (χ0n) is 12.4. The minimum Gasteiger partial charge on any atom is -0.369 e. The van der Waals surface area contributed by atoms with Gasteiger partial charge in [-0.2, -0.15) is 0 Å². The summed E-state index contributed by atoms with van der Waals surface area (Å²) >= 11 is 3.55. The van der Waals surface area contributed by atoms with Crippen LogP contribution in [-0.4, -0.2) is 21.5 Å². The molecule has 5 nitrogen and oxygen atoms in total. The third-order valence-electron chi connectivity index (χ3n) is 3.12. The molecular weight excluding hydrogens is 330 g/mol. The number of aromatic nitrogens is 3. The second kappa shape index (κ2) is 7.93. The normalized spacial score (nSPS) is 10.4. The smallest absolute Gasteiger partial charge is 0.146 e. The molecule has 6 heteroatoms. The topological polar surface area (TPSA) is 62.7 Å². The monoisotopic (exact) mass is 349 g/mol. The van der Waals surface area contributed by atoms with E-state index in [1.54, 1.807) is 6.33 Å². The zero-order valence-corrected chi connectivity index (χ0v) is 13.9. The predicted octanol–water partition coefficient (Wildman–Crippen LogP) is 3.63. The van der Waals surface area contributed by atoms with Crippen LogP contribution in [-0.2, 0) is 13.0 Å². The highest BCUT2D eigenvalue weighted by molar-refractivity contribution is 9.10. The van der Waals surface area contributed by atoms with Crippen molar-refractivity contribution in [2.75, 3.05) is 17.2 Å². The van der Waals surface area contributed by atoms with E-state index >= 15 is 0 Å². The lowest BCUT2D eigenvalue weighted by molar-refractivity contribution is 0.947. The maximum absolute atomic E-state index is 4.43. The SMILES string of the molecule is CCCNc1ncnc(NCc2ncccc2CC)c1Br. The Hall–Kier alpha value is -1.69. The van der Waals surface area contributed by atoms with Gasteiger partial charge in [0.2, 0.25) is 0 Å². The zero-order chi connectivity index (χ0) is 15.1. The first kappa shape index (κ1) is 15.7. The maximum atomic E-state index is 4.43. The number of anilines is 2. The molecule has 2 aromatic rings. The van der Waals surface area contributed by atoms with Crippen LogP contribution in [0.25, 0.3) is 0 Å². The Morgan fingerprint density at radius 3 is 2.57 bits per heavy atom. The van der Waals surface area contributed by atoms with Crippen molar-refractivity contribution in [3.63, 3.8) is 0 Å². The van der Waals surface area contributed by atoms with Crippen molar-refractivity contribution >= 4 is 27.6 Å². The molecule has 0 aliphatic rings. The van der Waals surface area contributed by atoms with Gasteiger partial charge >= 0.3 is 0 Å². The van der Waals surface area contributed by atoms with Crippen LogP contribution in [0.15, 0.2) is 29.1 Å². The molecule has 0 fully saturated rings. The number of pyridine rings is 1. The van der Waals surface area contributed by atoms with Crippen molar-refractivity contribution in [1.29, 1.82) is 0 Å². The van der Waals surface area contributed by atoms with E-state index in [9.17, 15) is 0 Å². The van der Waals surface area contributed by atoms with Gasteiger partial charge in [-0.3, -0.25) is 4.98 Å². The summed E-state index contributed by atoms with van der Waals surface area (Å²) in [6, 6.07) is 4.07. The summed E-state index contributed by atoms with van der Waals surface area (Å²) in [5.74, 6) is 1.59. The molecule has 0 aliphatic carbocycles. The highest BCUT2D eigenvalue weighted by atomic mass is 79.9. The number of hydrogen-bond acceptors (Lipinski definition) is 5. The molecule has 0 spiro atoms. The molecule has 112 valence electrons. The fourth-order valence-electron chi connectivity index (χ4n) is 1.98. The van der Waals surface area contributed by atoms with Crippen LogP contribution in [0.3, 0.4) is 0 Å². The van der Waals surface area contributed by atoms with Crippen molar-refractivity contribution in [3.8, 4) is 0 Å². The number of aryl methyl sites for hydroxylation is 1. The minimum absolute atomic E-state index is 0.646. The first-order valence-electron chi connectivity index (χ1n) is 7.17. The van der Waals surface area contributed by atoms with E-state index in [2.05, 4.69) is 61.4 Å². The molecule has 0 aromatic carbocycles. The number of nitrogens with one attached hydrogen (secondary N) is 2. The molecule has 0 saturated carbocycles. The highest BCUT2D eigenvalue weighted by Gasteiger charge is 2.09. The molecule has 0 amide bonds. The standard InChI is InChI=1S/C15H20BrN5/c1-3-7-18-14-13(16)15(21-10-20-14)19-9-12-11(4-2)6-5-8-17-12/h5-6,8,10H,3-4,7,9H2,1-2H3,(H2,18,19,20,21). The van der Waals surface area contributed by atoms with Gasteiger partial charge in [0.1, 0.15) is 22.4 Å². The first-order valence-corrected chi connectivity index (χ1v) is 7.96. The molecule has 0 bridgehead atoms. The lowest BCUT2D eigenvalue weighted by Gasteiger charge is -2.12. The van der Waals surface area contributed by atoms with Gasteiger partial charge in [-0.05, 0) is 40.4 Å². The molecule has 0 atom stereocenters. The summed E-state index contributed by atoms with van der Waals surface area (Å²) in [5.41, 5.74) is 2.30.